The molecule has 0 bridgehead atoms. The van der Waals surface area contributed by atoms with Gasteiger partial charge in [-0.2, -0.15) is 0 Å². The van der Waals surface area contributed by atoms with E-state index in [9.17, 15) is 4.79 Å². The number of carbonyl (C=O) groups excluding carboxylic acids is 1. The second-order valence-corrected chi connectivity index (χ2v) is 5.62. The number of nitrogens with one attached hydrogen (secondary N) is 1. The largest absolute Gasteiger partial charge is 0.489 e. The highest BCUT2D eigenvalue weighted by Crippen LogP contribution is 2.22. The molecule has 22 heavy (non-hydrogen) atoms. The Morgan fingerprint density at radius 2 is 1.86 bits per heavy atom. The molecule has 0 saturated carbocycles. The van der Waals surface area contributed by atoms with Crippen molar-refractivity contribution in [2.24, 2.45) is 0 Å². The van der Waals surface area contributed by atoms with Gasteiger partial charge in [0.15, 0.2) is 0 Å². The summed E-state index contributed by atoms with van der Waals surface area (Å²) in [5.41, 5.74) is 5.60. The van der Waals surface area contributed by atoms with Gasteiger partial charge in [0.2, 0.25) is 5.91 Å². The molecule has 0 spiro atoms. The summed E-state index contributed by atoms with van der Waals surface area (Å²) in [4.78, 5) is 11.7. The first-order chi connectivity index (χ1) is 10.5. The number of hydrogen-bond acceptors (Lipinski definition) is 2. The van der Waals surface area contributed by atoms with Crippen LogP contribution in [0.3, 0.4) is 0 Å². The summed E-state index contributed by atoms with van der Waals surface area (Å²) in [5.74, 6) is 0.901. The summed E-state index contributed by atoms with van der Waals surface area (Å²) in [6, 6.07) is 12.2. The van der Waals surface area contributed by atoms with Crippen molar-refractivity contribution in [2.45, 2.75) is 33.8 Å². The van der Waals surface area contributed by atoms with Crippen LogP contribution in [-0.2, 0) is 17.8 Å². The molecule has 2 aromatic carbocycles. The van der Waals surface area contributed by atoms with Gasteiger partial charge in [0.1, 0.15) is 12.4 Å². The van der Waals surface area contributed by atoms with Crippen molar-refractivity contribution in [1.82, 2.24) is 5.32 Å². The second-order valence-electron chi connectivity index (χ2n) is 5.62. The Bertz CT molecular complexity index is 677. The van der Waals surface area contributed by atoms with Crippen molar-refractivity contribution in [3.05, 3.63) is 64.2 Å². The van der Waals surface area contributed by atoms with Crippen LogP contribution >= 0.6 is 0 Å². The summed E-state index contributed by atoms with van der Waals surface area (Å²) < 4.78 is 5.98. The van der Waals surface area contributed by atoms with E-state index < -0.39 is 0 Å². The van der Waals surface area contributed by atoms with E-state index in [0.717, 1.165) is 28.0 Å². The second kappa shape index (κ2) is 7.12. The highest BCUT2D eigenvalue weighted by atomic mass is 16.5. The molecule has 0 fully saturated rings. The predicted molar refractivity (Wildman–Crippen MR) is 89.2 cm³/mol. The lowest BCUT2D eigenvalue weighted by atomic mass is 10.00. The maximum absolute atomic E-state index is 11.7. The average molecular weight is 297 g/mol. The Morgan fingerprint density at radius 1 is 1.09 bits per heavy atom. The van der Waals surface area contributed by atoms with Gasteiger partial charge in [-0.3, -0.25) is 4.79 Å². The van der Waals surface area contributed by atoms with Crippen LogP contribution in [0.15, 0.2) is 36.4 Å². The molecule has 3 heteroatoms. The number of hydrogen-bond donors (Lipinski definition) is 1. The van der Waals surface area contributed by atoms with E-state index in [-0.39, 0.29) is 5.91 Å². The molecule has 0 aromatic heterocycles. The van der Waals surface area contributed by atoms with E-state index in [4.69, 9.17) is 4.74 Å². The van der Waals surface area contributed by atoms with E-state index in [1.165, 1.54) is 5.56 Å². The fourth-order valence-electron chi connectivity index (χ4n) is 2.51. The van der Waals surface area contributed by atoms with Crippen molar-refractivity contribution in [2.75, 3.05) is 7.05 Å². The summed E-state index contributed by atoms with van der Waals surface area (Å²) >= 11 is 0. The molecule has 0 radical (unpaired) electrons. The Hall–Kier alpha value is -2.29. The van der Waals surface area contributed by atoms with Gasteiger partial charge in [-0.15, -0.1) is 0 Å². The van der Waals surface area contributed by atoms with Gasteiger partial charge in [0.05, 0.1) is 6.42 Å². The summed E-state index contributed by atoms with van der Waals surface area (Å²) in [6.07, 6.45) is 0.379. The molecular formula is C19H23NO2. The van der Waals surface area contributed by atoms with E-state index in [0.29, 0.717) is 13.0 Å². The van der Waals surface area contributed by atoms with Crippen molar-refractivity contribution in [3.8, 4) is 5.75 Å². The van der Waals surface area contributed by atoms with Gasteiger partial charge in [-0.25, -0.2) is 0 Å². The van der Waals surface area contributed by atoms with Crippen LogP contribution in [-0.4, -0.2) is 13.0 Å². The van der Waals surface area contributed by atoms with Crippen LogP contribution in [0, 0.1) is 20.8 Å². The van der Waals surface area contributed by atoms with E-state index in [1.807, 2.05) is 44.2 Å². The van der Waals surface area contributed by atoms with Gasteiger partial charge in [-0.1, -0.05) is 35.9 Å². The van der Waals surface area contributed by atoms with Crippen LogP contribution in [0.5, 0.6) is 5.75 Å². The zero-order valence-corrected chi connectivity index (χ0v) is 13.7. The summed E-state index contributed by atoms with van der Waals surface area (Å²) in [7, 11) is 1.66. The minimum Gasteiger partial charge on any atom is -0.489 e. The first-order valence-corrected chi connectivity index (χ1v) is 7.49. The summed E-state index contributed by atoms with van der Waals surface area (Å²) in [6.45, 7) is 6.64. The molecule has 2 rings (SSSR count). The Morgan fingerprint density at radius 3 is 2.55 bits per heavy atom. The smallest absolute Gasteiger partial charge is 0.224 e. The van der Waals surface area contributed by atoms with Gasteiger partial charge in [0, 0.05) is 7.05 Å². The van der Waals surface area contributed by atoms with Crippen molar-refractivity contribution >= 4 is 5.91 Å². The number of likely N-dealkylation sites (N-methyl/N-ethyl adjacent to an activating group) is 1. The SMILES string of the molecule is CNC(=O)Cc1cccc(C)c1COc1ccc(C)cc1C. The van der Waals surface area contributed by atoms with Gasteiger partial charge < -0.3 is 10.1 Å². The molecule has 0 atom stereocenters. The fourth-order valence-corrected chi connectivity index (χ4v) is 2.51. The standard InChI is InChI=1S/C19H23NO2/c1-13-8-9-18(15(3)10-13)22-12-17-14(2)6-5-7-16(17)11-19(21)20-4/h5-10H,11-12H2,1-4H3,(H,20,21). The number of aryl methyl sites for hydroxylation is 3. The Balaban J connectivity index is 2.19. The normalized spacial score (nSPS) is 10.4. The fraction of sp³-hybridized carbons (Fsp3) is 0.316. The zero-order valence-electron chi connectivity index (χ0n) is 13.7. The predicted octanol–water partition coefficient (Wildman–Crippen LogP) is 3.48. The number of amides is 1. The Labute approximate surface area is 132 Å². The zero-order chi connectivity index (χ0) is 16.1. The third-order valence-electron chi connectivity index (χ3n) is 3.84. The molecule has 116 valence electrons. The number of rotatable bonds is 5. The van der Waals surface area contributed by atoms with Crippen molar-refractivity contribution in [1.29, 1.82) is 0 Å². The monoisotopic (exact) mass is 297 g/mol. The third-order valence-corrected chi connectivity index (χ3v) is 3.84. The lowest BCUT2D eigenvalue weighted by molar-refractivity contribution is -0.119. The minimum absolute atomic E-state index is 0.0124. The molecule has 2 aromatic rings. The summed E-state index contributed by atoms with van der Waals surface area (Å²) in [5, 5.41) is 2.67. The van der Waals surface area contributed by atoms with E-state index in [1.54, 1.807) is 7.05 Å². The van der Waals surface area contributed by atoms with Crippen molar-refractivity contribution < 1.29 is 9.53 Å². The van der Waals surface area contributed by atoms with E-state index in [2.05, 4.69) is 18.3 Å². The first-order valence-electron chi connectivity index (χ1n) is 7.49. The minimum atomic E-state index is 0.0124. The Kier molecular flexibility index (Phi) is 5.21. The maximum atomic E-state index is 11.7. The molecule has 0 unspecified atom stereocenters. The molecule has 1 amide bonds. The molecular weight excluding hydrogens is 274 g/mol. The van der Waals surface area contributed by atoms with Crippen molar-refractivity contribution in [3.63, 3.8) is 0 Å². The molecule has 1 N–H and O–H groups in total. The molecule has 0 heterocycles. The number of ether oxygens (including phenoxy) is 1. The van der Waals surface area contributed by atoms with Gasteiger partial charge in [0.25, 0.3) is 0 Å². The number of carbonyl (C=O) groups is 1. The first kappa shape index (κ1) is 16.1. The average Bonchev–Trinajstić information content (AvgIpc) is 2.48. The molecule has 0 aliphatic heterocycles. The number of benzene rings is 2. The lowest BCUT2D eigenvalue weighted by Gasteiger charge is -2.15. The van der Waals surface area contributed by atoms with Crippen LogP contribution in [0.1, 0.15) is 27.8 Å². The van der Waals surface area contributed by atoms with Crippen LogP contribution in [0.25, 0.3) is 0 Å². The maximum Gasteiger partial charge on any atom is 0.224 e. The van der Waals surface area contributed by atoms with Gasteiger partial charge >= 0.3 is 0 Å². The quantitative estimate of drug-likeness (QED) is 0.917. The highest BCUT2D eigenvalue weighted by molar-refractivity contribution is 5.78. The van der Waals surface area contributed by atoms with Crippen LogP contribution in [0.2, 0.25) is 0 Å². The van der Waals surface area contributed by atoms with Crippen LogP contribution < -0.4 is 10.1 Å². The third kappa shape index (κ3) is 3.88. The molecule has 0 aliphatic rings. The molecule has 0 saturated heterocycles. The highest BCUT2D eigenvalue weighted by Gasteiger charge is 2.10. The molecule has 0 aliphatic carbocycles. The van der Waals surface area contributed by atoms with Gasteiger partial charge in [-0.05, 0) is 49.1 Å². The van der Waals surface area contributed by atoms with Crippen LogP contribution in [0.4, 0.5) is 0 Å². The molecule has 3 nitrogen and oxygen atoms in total. The van der Waals surface area contributed by atoms with E-state index >= 15 is 0 Å². The lowest BCUT2D eigenvalue weighted by Crippen LogP contribution is -2.21. The topological polar surface area (TPSA) is 38.3 Å².